The maximum Gasteiger partial charge on any atom is 0.230 e. The summed E-state index contributed by atoms with van der Waals surface area (Å²) < 4.78 is 5.69. The second-order valence-corrected chi connectivity index (χ2v) is 5.37. The van der Waals surface area contributed by atoms with Gasteiger partial charge in [-0.3, -0.25) is 4.79 Å². The lowest BCUT2D eigenvalue weighted by atomic mass is 9.94. The average Bonchev–Trinajstić information content (AvgIpc) is 2.39. The number of hydrogen-bond acceptors (Lipinski definition) is 2. The number of benzene rings is 1. The molecule has 19 heavy (non-hydrogen) atoms. The molecule has 104 valence electrons. The molecule has 3 nitrogen and oxygen atoms in total. The van der Waals surface area contributed by atoms with Crippen LogP contribution in [0.3, 0.4) is 0 Å². The molecule has 1 aliphatic heterocycles. The van der Waals surface area contributed by atoms with Gasteiger partial charge in [0, 0.05) is 13.1 Å². The van der Waals surface area contributed by atoms with Crippen LogP contribution in [-0.2, 0) is 9.53 Å². The minimum Gasteiger partial charge on any atom is -0.372 e. The molecular weight excluding hydrogens is 238 g/mol. The predicted octanol–water partition coefficient (Wildman–Crippen LogP) is 2.82. The highest BCUT2D eigenvalue weighted by Crippen LogP contribution is 2.24. The Balaban J connectivity index is 2.13. The van der Waals surface area contributed by atoms with E-state index in [0.29, 0.717) is 13.1 Å². The topological polar surface area (TPSA) is 29.5 Å². The fraction of sp³-hybridized carbons (Fsp3) is 0.562. The molecule has 3 atom stereocenters. The van der Waals surface area contributed by atoms with E-state index in [-0.39, 0.29) is 24.0 Å². The molecule has 0 bridgehead atoms. The van der Waals surface area contributed by atoms with Crippen molar-refractivity contribution in [3.63, 3.8) is 0 Å². The molecule has 1 aliphatic rings. The summed E-state index contributed by atoms with van der Waals surface area (Å²) in [5, 5.41) is 0. The van der Waals surface area contributed by atoms with Gasteiger partial charge in [0.1, 0.15) is 0 Å². The SMILES string of the molecule is CCC(C(=O)N1CC(C)OC(C)C1)c1ccccc1. The summed E-state index contributed by atoms with van der Waals surface area (Å²) in [5.74, 6) is 0.203. The lowest BCUT2D eigenvalue weighted by molar-refractivity contribution is -0.144. The second-order valence-electron chi connectivity index (χ2n) is 5.37. The minimum atomic E-state index is -0.0290. The van der Waals surface area contributed by atoms with E-state index in [1.807, 2.05) is 49.1 Å². The van der Waals surface area contributed by atoms with Gasteiger partial charge < -0.3 is 9.64 Å². The van der Waals surface area contributed by atoms with Gasteiger partial charge in [0.25, 0.3) is 0 Å². The van der Waals surface area contributed by atoms with Crippen LogP contribution in [0.5, 0.6) is 0 Å². The summed E-state index contributed by atoms with van der Waals surface area (Å²) >= 11 is 0. The number of amides is 1. The molecule has 1 saturated heterocycles. The summed E-state index contributed by atoms with van der Waals surface area (Å²) in [5.41, 5.74) is 1.11. The van der Waals surface area contributed by atoms with Gasteiger partial charge in [-0.15, -0.1) is 0 Å². The number of nitrogens with zero attached hydrogens (tertiary/aromatic N) is 1. The molecule has 0 radical (unpaired) electrons. The Labute approximate surface area is 115 Å². The van der Waals surface area contributed by atoms with Crippen LogP contribution in [0, 0.1) is 0 Å². The number of morpholine rings is 1. The Morgan fingerprint density at radius 2 is 1.84 bits per heavy atom. The zero-order valence-electron chi connectivity index (χ0n) is 12.0. The maximum atomic E-state index is 12.7. The molecule has 1 aromatic carbocycles. The van der Waals surface area contributed by atoms with E-state index in [4.69, 9.17) is 4.74 Å². The van der Waals surface area contributed by atoms with Gasteiger partial charge in [-0.1, -0.05) is 37.3 Å². The molecule has 1 amide bonds. The Morgan fingerprint density at radius 3 is 2.37 bits per heavy atom. The summed E-state index contributed by atoms with van der Waals surface area (Å²) in [7, 11) is 0. The van der Waals surface area contributed by atoms with Crippen molar-refractivity contribution in [3.05, 3.63) is 35.9 Å². The number of ether oxygens (including phenoxy) is 1. The molecule has 0 spiro atoms. The number of carbonyl (C=O) groups is 1. The zero-order chi connectivity index (χ0) is 13.8. The van der Waals surface area contributed by atoms with Crippen molar-refractivity contribution in [2.45, 2.75) is 45.3 Å². The molecule has 0 N–H and O–H groups in total. The second kappa shape index (κ2) is 6.20. The van der Waals surface area contributed by atoms with E-state index in [1.165, 1.54) is 0 Å². The van der Waals surface area contributed by atoms with Crippen molar-refractivity contribution >= 4 is 5.91 Å². The smallest absolute Gasteiger partial charge is 0.230 e. The first-order valence-electron chi connectivity index (χ1n) is 7.11. The summed E-state index contributed by atoms with van der Waals surface area (Å²) in [6.07, 6.45) is 1.09. The van der Waals surface area contributed by atoms with Crippen LogP contribution in [0.1, 0.15) is 38.7 Å². The fourth-order valence-electron chi connectivity index (χ4n) is 2.82. The van der Waals surface area contributed by atoms with Crippen molar-refractivity contribution in [1.82, 2.24) is 4.90 Å². The molecule has 2 rings (SSSR count). The molecule has 0 aliphatic carbocycles. The largest absolute Gasteiger partial charge is 0.372 e. The molecule has 0 saturated carbocycles. The van der Waals surface area contributed by atoms with Crippen LogP contribution in [0.4, 0.5) is 0 Å². The van der Waals surface area contributed by atoms with Gasteiger partial charge >= 0.3 is 0 Å². The van der Waals surface area contributed by atoms with Gasteiger partial charge in [-0.2, -0.15) is 0 Å². The molecular formula is C16H23NO2. The first kappa shape index (κ1) is 14.1. The first-order valence-corrected chi connectivity index (χ1v) is 7.11. The van der Waals surface area contributed by atoms with Crippen LogP contribution in [0.15, 0.2) is 30.3 Å². The van der Waals surface area contributed by atoms with Crippen LogP contribution in [0.25, 0.3) is 0 Å². The highest BCUT2D eigenvalue weighted by Gasteiger charge is 2.30. The zero-order valence-corrected chi connectivity index (χ0v) is 12.0. The van der Waals surface area contributed by atoms with Crippen molar-refractivity contribution in [1.29, 1.82) is 0 Å². The van der Waals surface area contributed by atoms with Crippen LogP contribution in [0.2, 0.25) is 0 Å². The van der Waals surface area contributed by atoms with Crippen molar-refractivity contribution in [2.24, 2.45) is 0 Å². The Bertz CT molecular complexity index is 408. The maximum absolute atomic E-state index is 12.7. The molecule has 3 heteroatoms. The lowest BCUT2D eigenvalue weighted by Crippen LogP contribution is -2.49. The summed E-state index contributed by atoms with van der Waals surface area (Å²) in [6.45, 7) is 7.53. The summed E-state index contributed by atoms with van der Waals surface area (Å²) in [4.78, 5) is 14.6. The monoisotopic (exact) mass is 261 g/mol. The van der Waals surface area contributed by atoms with Crippen molar-refractivity contribution in [2.75, 3.05) is 13.1 Å². The average molecular weight is 261 g/mol. The normalized spacial score (nSPS) is 25.1. The molecule has 1 fully saturated rings. The van der Waals surface area contributed by atoms with E-state index in [9.17, 15) is 4.79 Å². The minimum absolute atomic E-state index is 0.0290. The standard InChI is InChI=1S/C16H23NO2/c1-4-15(14-8-6-5-7-9-14)16(18)17-10-12(2)19-13(3)11-17/h5-9,12-13,15H,4,10-11H2,1-3H3. The van der Waals surface area contributed by atoms with Crippen LogP contribution in [-0.4, -0.2) is 36.1 Å². The van der Waals surface area contributed by atoms with Gasteiger partial charge in [-0.05, 0) is 25.8 Å². The van der Waals surface area contributed by atoms with Crippen molar-refractivity contribution in [3.8, 4) is 0 Å². The fourth-order valence-corrected chi connectivity index (χ4v) is 2.82. The van der Waals surface area contributed by atoms with E-state index in [0.717, 1.165) is 12.0 Å². The van der Waals surface area contributed by atoms with Gasteiger partial charge in [-0.25, -0.2) is 0 Å². The molecule has 0 aromatic heterocycles. The Hall–Kier alpha value is -1.35. The molecule has 1 aromatic rings. The van der Waals surface area contributed by atoms with Crippen molar-refractivity contribution < 1.29 is 9.53 Å². The Kier molecular flexibility index (Phi) is 4.59. The lowest BCUT2D eigenvalue weighted by Gasteiger charge is -2.37. The van der Waals surface area contributed by atoms with Crippen LogP contribution >= 0.6 is 0 Å². The number of rotatable bonds is 3. The number of hydrogen-bond donors (Lipinski definition) is 0. The quantitative estimate of drug-likeness (QED) is 0.837. The van der Waals surface area contributed by atoms with Gasteiger partial charge in [0.2, 0.25) is 5.91 Å². The van der Waals surface area contributed by atoms with Gasteiger partial charge in [0.15, 0.2) is 0 Å². The highest BCUT2D eigenvalue weighted by atomic mass is 16.5. The Morgan fingerprint density at radius 1 is 1.26 bits per heavy atom. The number of carbonyl (C=O) groups excluding carboxylic acids is 1. The predicted molar refractivity (Wildman–Crippen MR) is 76.1 cm³/mol. The van der Waals surface area contributed by atoms with E-state index < -0.39 is 0 Å². The van der Waals surface area contributed by atoms with E-state index in [2.05, 4.69) is 6.92 Å². The molecule has 1 heterocycles. The third kappa shape index (κ3) is 3.35. The third-order valence-corrected chi connectivity index (χ3v) is 3.64. The van der Waals surface area contributed by atoms with E-state index >= 15 is 0 Å². The third-order valence-electron chi connectivity index (χ3n) is 3.64. The van der Waals surface area contributed by atoms with Crippen LogP contribution < -0.4 is 0 Å². The molecule has 3 unspecified atom stereocenters. The first-order chi connectivity index (χ1) is 9.11. The highest BCUT2D eigenvalue weighted by molar-refractivity contribution is 5.83. The van der Waals surface area contributed by atoms with Gasteiger partial charge in [0.05, 0.1) is 18.1 Å². The summed E-state index contributed by atoms with van der Waals surface area (Å²) in [6, 6.07) is 10.1. The van der Waals surface area contributed by atoms with E-state index in [1.54, 1.807) is 0 Å².